The molecule has 0 aliphatic heterocycles. The molecule has 0 atom stereocenters. The fraction of sp³-hybridized carbons (Fsp3) is 0.167. The topological polar surface area (TPSA) is 78.0 Å². The minimum Gasteiger partial charge on any atom is -0.364 e. The van der Waals surface area contributed by atoms with Gasteiger partial charge in [0, 0.05) is 7.05 Å². The highest BCUT2D eigenvalue weighted by Crippen LogP contribution is 1.98. The number of hydrogen-bond acceptors (Lipinski definition) is 3. The lowest BCUT2D eigenvalue weighted by Crippen LogP contribution is -2.15. The van der Waals surface area contributed by atoms with E-state index in [1.807, 2.05) is 0 Å². The number of amides is 1. The second-order valence-electron chi connectivity index (χ2n) is 2.06. The molecule has 1 aromatic heterocycles. The van der Waals surface area contributed by atoms with E-state index in [0.717, 1.165) is 0 Å². The van der Waals surface area contributed by atoms with E-state index < -0.39 is 5.91 Å². The van der Waals surface area contributed by atoms with Crippen LogP contribution >= 0.6 is 0 Å². The van der Waals surface area contributed by atoms with Crippen molar-refractivity contribution in [1.29, 1.82) is 0 Å². The largest absolute Gasteiger partial charge is 0.364 e. The lowest BCUT2D eigenvalue weighted by Gasteiger charge is -1.92. The van der Waals surface area contributed by atoms with Gasteiger partial charge < -0.3 is 5.73 Å². The molecule has 0 aliphatic rings. The summed E-state index contributed by atoms with van der Waals surface area (Å²) in [5, 5.41) is 3.70. The summed E-state index contributed by atoms with van der Waals surface area (Å²) in [5.41, 5.74) is 5.41. The molecule has 0 aliphatic carbocycles. The maximum absolute atomic E-state index is 10.6. The van der Waals surface area contributed by atoms with Gasteiger partial charge in [-0.2, -0.15) is 5.10 Å². The van der Waals surface area contributed by atoms with Gasteiger partial charge in [-0.05, 0) is 6.07 Å². The number of hydrogen-bond donors (Lipinski definition) is 1. The molecule has 1 amide bonds. The molecule has 5 heteroatoms. The summed E-state index contributed by atoms with van der Waals surface area (Å²) in [7, 11) is 1.55. The van der Waals surface area contributed by atoms with Crippen LogP contribution in [0.15, 0.2) is 6.07 Å². The van der Waals surface area contributed by atoms with Crippen molar-refractivity contribution in [1.82, 2.24) is 9.78 Å². The number of nitrogens with two attached hydrogens (primary N) is 1. The summed E-state index contributed by atoms with van der Waals surface area (Å²) in [6, 6.07) is 1.34. The predicted molar refractivity (Wildman–Crippen MR) is 37.1 cm³/mol. The van der Waals surface area contributed by atoms with Crippen molar-refractivity contribution in [2.75, 3.05) is 0 Å². The van der Waals surface area contributed by atoms with Crippen LogP contribution in [-0.2, 0) is 7.05 Å². The lowest BCUT2D eigenvalue weighted by atomic mass is 10.3. The molecule has 2 N–H and O–H groups in total. The number of primary amides is 1. The number of aryl methyl sites for hydroxylation is 1. The highest BCUT2D eigenvalue weighted by molar-refractivity contribution is 5.92. The van der Waals surface area contributed by atoms with E-state index in [1.165, 1.54) is 10.7 Å². The average Bonchev–Trinajstić information content (AvgIpc) is 2.30. The highest BCUT2D eigenvalue weighted by atomic mass is 16.1. The van der Waals surface area contributed by atoms with Crippen LogP contribution in [0.5, 0.6) is 0 Å². The number of carbonyl (C=O) groups is 2. The van der Waals surface area contributed by atoms with Gasteiger partial charge in [-0.1, -0.05) is 0 Å². The molecular weight excluding hydrogens is 146 g/mol. The van der Waals surface area contributed by atoms with E-state index in [-0.39, 0.29) is 11.4 Å². The van der Waals surface area contributed by atoms with Crippen molar-refractivity contribution in [3.8, 4) is 0 Å². The van der Waals surface area contributed by atoms with Crippen LogP contribution in [0.4, 0.5) is 0 Å². The molecule has 0 unspecified atom stereocenters. The summed E-state index contributed by atoms with van der Waals surface area (Å²) in [6.07, 6.45) is 0.562. The van der Waals surface area contributed by atoms with E-state index in [2.05, 4.69) is 5.10 Å². The van der Waals surface area contributed by atoms with Gasteiger partial charge in [0.05, 0.1) is 0 Å². The maximum Gasteiger partial charge on any atom is 0.266 e. The fourth-order valence-electron chi connectivity index (χ4n) is 0.778. The van der Waals surface area contributed by atoms with Gasteiger partial charge in [0.2, 0.25) is 0 Å². The first kappa shape index (κ1) is 7.46. The fourth-order valence-corrected chi connectivity index (χ4v) is 0.778. The van der Waals surface area contributed by atoms with Gasteiger partial charge in [-0.3, -0.25) is 14.3 Å². The summed E-state index contributed by atoms with van der Waals surface area (Å²) in [4.78, 5) is 20.8. The third-order valence-corrected chi connectivity index (χ3v) is 1.27. The van der Waals surface area contributed by atoms with Crippen molar-refractivity contribution in [2.24, 2.45) is 12.8 Å². The lowest BCUT2D eigenvalue weighted by molar-refractivity contribution is 0.0991. The van der Waals surface area contributed by atoms with Gasteiger partial charge in [-0.15, -0.1) is 0 Å². The molecule has 11 heavy (non-hydrogen) atoms. The Labute approximate surface area is 62.8 Å². The number of aromatic nitrogens is 2. The standard InChI is InChI=1S/C6H7N3O2/c1-9-5(6(7)11)2-4(3-10)8-9/h2-3H,1H3,(H2,7,11). The maximum atomic E-state index is 10.6. The summed E-state index contributed by atoms with van der Waals surface area (Å²) in [5.74, 6) is -0.590. The number of carbonyl (C=O) groups excluding carboxylic acids is 2. The third-order valence-electron chi connectivity index (χ3n) is 1.27. The Bertz CT molecular complexity index is 303. The molecule has 0 aromatic carbocycles. The Morgan fingerprint density at radius 2 is 2.45 bits per heavy atom. The molecule has 1 rings (SSSR count). The van der Waals surface area contributed by atoms with E-state index in [9.17, 15) is 9.59 Å². The smallest absolute Gasteiger partial charge is 0.266 e. The van der Waals surface area contributed by atoms with Crippen LogP contribution in [0.1, 0.15) is 21.0 Å². The Balaban J connectivity index is 3.16. The normalized spacial score (nSPS) is 9.55. The van der Waals surface area contributed by atoms with E-state index in [1.54, 1.807) is 7.05 Å². The van der Waals surface area contributed by atoms with Crippen LogP contribution in [-0.4, -0.2) is 22.0 Å². The minimum absolute atomic E-state index is 0.210. The minimum atomic E-state index is -0.590. The van der Waals surface area contributed by atoms with Gasteiger partial charge in [0.1, 0.15) is 11.4 Å². The van der Waals surface area contributed by atoms with E-state index in [0.29, 0.717) is 6.29 Å². The first-order valence-electron chi connectivity index (χ1n) is 2.94. The van der Waals surface area contributed by atoms with Crippen LogP contribution in [0.2, 0.25) is 0 Å². The van der Waals surface area contributed by atoms with Crippen LogP contribution < -0.4 is 5.73 Å². The number of aldehydes is 1. The molecule has 0 saturated heterocycles. The average molecular weight is 153 g/mol. The van der Waals surface area contributed by atoms with Crippen LogP contribution in [0.3, 0.4) is 0 Å². The van der Waals surface area contributed by atoms with E-state index in [4.69, 9.17) is 5.73 Å². The van der Waals surface area contributed by atoms with Gasteiger partial charge in [0.25, 0.3) is 5.91 Å². The quantitative estimate of drug-likeness (QED) is 0.572. The molecule has 1 aromatic rings. The Kier molecular flexibility index (Phi) is 1.72. The zero-order valence-corrected chi connectivity index (χ0v) is 5.94. The zero-order valence-electron chi connectivity index (χ0n) is 5.94. The number of rotatable bonds is 2. The Morgan fingerprint density at radius 3 is 2.73 bits per heavy atom. The third kappa shape index (κ3) is 1.26. The number of nitrogens with zero attached hydrogens (tertiary/aromatic N) is 2. The van der Waals surface area contributed by atoms with Gasteiger partial charge in [0.15, 0.2) is 6.29 Å². The van der Waals surface area contributed by atoms with Crippen molar-refractivity contribution < 1.29 is 9.59 Å². The summed E-state index contributed by atoms with van der Waals surface area (Å²) >= 11 is 0. The van der Waals surface area contributed by atoms with Crippen LogP contribution in [0.25, 0.3) is 0 Å². The van der Waals surface area contributed by atoms with Crippen molar-refractivity contribution in [2.45, 2.75) is 0 Å². The molecular formula is C6H7N3O2. The first-order chi connectivity index (χ1) is 5.15. The van der Waals surface area contributed by atoms with Gasteiger partial charge in [-0.25, -0.2) is 0 Å². The molecule has 0 spiro atoms. The monoisotopic (exact) mass is 153 g/mol. The van der Waals surface area contributed by atoms with Crippen molar-refractivity contribution in [3.63, 3.8) is 0 Å². The van der Waals surface area contributed by atoms with Crippen LogP contribution in [0, 0.1) is 0 Å². The Hall–Kier alpha value is -1.65. The molecule has 0 saturated carbocycles. The second kappa shape index (κ2) is 2.53. The SMILES string of the molecule is Cn1nc(C=O)cc1C(N)=O. The molecule has 0 fully saturated rings. The molecule has 1 heterocycles. The summed E-state index contributed by atoms with van der Waals surface area (Å²) in [6.45, 7) is 0. The molecule has 0 radical (unpaired) electrons. The molecule has 58 valence electrons. The second-order valence-corrected chi connectivity index (χ2v) is 2.06. The van der Waals surface area contributed by atoms with Crippen molar-refractivity contribution >= 4 is 12.2 Å². The van der Waals surface area contributed by atoms with E-state index >= 15 is 0 Å². The Morgan fingerprint density at radius 1 is 1.82 bits per heavy atom. The summed E-state index contributed by atoms with van der Waals surface area (Å²) < 4.78 is 1.27. The first-order valence-corrected chi connectivity index (χ1v) is 2.94. The highest BCUT2D eigenvalue weighted by Gasteiger charge is 2.08. The molecule has 5 nitrogen and oxygen atoms in total. The van der Waals surface area contributed by atoms with Crippen molar-refractivity contribution in [3.05, 3.63) is 17.5 Å². The molecule has 0 bridgehead atoms. The van der Waals surface area contributed by atoms with Gasteiger partial charge >= 0.3 is 0 Å². The zero-order chi connectivity index (χ0) is 8.43. The predicted octanol–water partition coefficient (Wildman–Crippen LogP) is -0.668.